The van der Waals surface area contributed by atoms with Crippen molar-refractivity contribution in [3.8, 4) is 0 Å². The van der Waals surface area contributed by atoms with Crippen LogP contribution in [-0.4, -0.2) is 18.4 Å². The third-order valence-corrected chi connectivity index (χ3v) is 3.41. The highest BCUT2D eigenvalue weighted by atomic mass is 127. The van der Waals surface area contributed by atoms with Crippen molar-refractivity contribution in [3.63, 3.8) is 0 Å². The van der Waals surface area contributed by atoms with Crippen LogP contribution < -0.4 is 0 Å². The second kappa shape index (κ2) is 6.01. The average molecular weight is 370 g/mol. The molecule has 0 spiro atoms. The van der Waals surface area contributed by atoms with Gasteiger partial charge in [0.2, 0.25) is 5.78 Å². The third-order valence-electron chi connectivity index (χ3n) is 2.47. The van der Waals surface area contributed by atoms with Crippen LogP contribution in [0.4, 0.5) is 0 Å². The zero-order valence-corrected chi connectivity index (χ0v) is 12.3. The van der Waals surface area contributed by atoms with Gasteiger partial charge in [0.15, 0.2) is 5.76 Å². The van der Waals surface area contributed by atoms with Crippen molar-refractivity contribution in [2.75, 3.05) is 6.61 Å². The van der Waals surface area contributed by atoms with Gasteiger partial charge in [0, 0.05) is 9.13 Å². The Morgan fingerprint density at radius 3 is 2.74 bits per heavy atom. The lowest BCUT2D eigenvalue weighted by Gasteiger charge is -2.05. The standard InChI is InChI=1S/C14H11IO4/c1-2-18-14(17)9-5-6-11(15)10(8-9)13(16)12-4-3-7-19-12/h3-8H,2H2,1H3. The Hall–Kier alpha value is -1.63. The molecule has 0 fully saturated rings. The lowest BCUT2D eigenvalue weighted by atomic mass is 10.1. The molecule has 1 heterocycles. The Bertz CT molecular complexity index is 602. The van der Waals surface area contributed by atoms with Gasteiger partial charge in [-0.15, -0.1) is 0 Å². The van der Waals surface area contributed by atoms with Crippen LogP contribution in [0.1, 0.15) is 33.4 Å². The fourth-order valence-corrected chi connectivity index (χ4v) is 2.16. The molecule has 0 atom stereocenters. The molecule has 2 aromatic rings. The summed E-state index contributed by atoms with van der Waals surface area (Å²) in [5.41, 5.74) is 0.790. The van der Waals surface area contributed by atoms with Gasteiger partial charge in [-0.3, -0.25) is 4.79 Å². The molecule has 0 aliphatic carbocycles. The Labute approximate surface area is 123 Å². The van der Waals surface area contributed by atoms with E-state index >= 15 is 0 Å². The van der Waals surface area contributed by atoms with Gasteiger partial charge >= 0.3 is 5.97 Å². The summed E-state index contributed by atoms with van der Waals surface area (Å²) in [5, 5.41) is 0. The lowest BCUT2D eigenvalue weighted by molar-refractivity contribution is 0.0526. The first-order valence-corrected chi connectivity index (χ1v) is 6.76. The van der Waals surface area contributed by atoms with Crippen molar-refractivity contribution in [1.82, 2.24) is 0 Å². The Kier molecular flexibility index (Phi) is 4.36. The summed E-state index contributed by atoms with van der Waals surface area (Å²) >= 11 is 2.05. The van der Waals surface area contributed by atoms with E-state index in [2.05, 4.69) is 0 Å². The maximum Gasteiger partial charge on any atom is 0.338 e. The lowest BCUT2D eigenvalue weighted by Crippen LogP contribution is -2.08. The molecule has 0 unspecified atom stereocenters. The van der Waals surface area contributed by atoms with E-state index in [1.807, 2.05) is 22.6 Å². The van der Waals surface area contributed by atoms with Crippen LogP contribution in [0.2, 0.25) is 0 Å². The van der Waals surface area contributed by atoms with Crippen LogP contribution in [-0.2, 0) is 4.74 Å². The van der Waals surface area contributed by atoms with E-state index in [9.17, 15) is 9.59 Å². The highest BCUT2D eigenvalue weighted by molar-refractivity contribution is 14.1. The van der Waals surface area contributed by atoms with E-state index in [0.717, 1.165) is 3.57 Å². The number of furan rings is 1. The van der Waals surface area contributed by atoms with Crippen LogP contribution in [0.25, 0.3) is 0 Å². The van der Waals surface area contributed by atoms with Crippen LogP contribution >= 0.6 is 22.6 Å². The molecule has 0 saturated carbocycles. The van der Waals surface area contributed by atoms with Gasteiger partial charge in [0.05, 0.1) is 18.4 Å². The minimum absolute atomic E-state index is 0.249. The van der Waals surface area contributed by atoms with Crippen LogP contribution in [0.5, 0.6) is 0 Å². The second-order valence-corrected chi connectivity index (χ2v) is 4.88. The molecular weight excluding hydrogens is 359 g/mol. The quantitative estimate of drug-likeness (QED) is 0.471. The molecule has 5 heteroatoms. The molecule has 0 N–H and O–H groups in total. The summed E-state index contributed by atoms with van der Waals surface area (Å²) < 4.78 is 10.8. The molecule has 1 aromatic carbocycles. The van der Waals surface area contributed by atoms with E-state index < -0.39 is 5.97 Å². The molecule has 0 amide bonds. The number of carbonyl (C=O) groups excluding carboxylic acids is 2. The largest absolute Gasteiger partial charge is 0.462 e. The molecule has 98 valence electrons. The minimum atomic E-state index is -0.438. The fourth-order valence-electron chi connectivity index (χ4n) is 1.58. The maximum absolute atomic E-state index is 12.2. The van der Waals surface area contributed by atoms with Crippen molar-refractivity contribution in [2.45, 2.75) is 6.92 Å². The van der Waals surface area contributed by atoms with Crippen LogP contribution in [0.3, 0.4) is 0 Å². The number of halogens is 1. The molecular formula is C14H11IO4. The van der Waals surface area contributed by atoms with Crippen molar-refractivity contribution < 1.29 is 18.7 Å². The number of ketones is 1. The number of hydrogen-bond donors (Lipinski definition) is 0. The second-order valence-electron chi connectivity index (χ2n) is 3.72. The maximum atomic E-state index is 12.2. The Balaban J connectivity index is 2.37. The van der Waals surface area contributed by atoms with Crippen molar-refractivity contribution in [3.05, 3.63) is 57.1 Å². The normalized spacial score (nSPS) is 10.2. The summed E-state index contributed by atoms with van der Waals surface area (Å²) in [4.78, 5) is 23.9. The molecule has 0 saturated heterocycles. The van der Waals surface area contributed by atoms with E-state index in [0.29, 0.717) is 17.7 Å². The highest BCUT2D eigenvalue weighted by Gasteiger charge is 2.17. The van der Waals surface area contributed by atoms with Crippen LogP contribution in [0.15, 0.2) is 41.0 Å². The van der Waals surface area contributed by atoms with E-state index in [1.54, 1.807) is 31.2 Å². The monoisotopic (exact) mass is 370 g/mol. The number of hydrogen-bond acceptors (Lipinski definition) is 4. The molecule has 0 aliphatic heterocycles. The Morgan fingerprint density at radius 1 is 1.32 bits per heavy atom. The number of rotatable bonds is 4. The number of ether oxygens (including phenoxy) is 1. The van der Waals surface area contributed by atoms with Gasteiger partial charge in [-0.05, 0) is 59.8 Å². The number of benzene rings is 1. The van der Waals surface area contributed by atoms with E-state index in [-0.39, 0.29) is 11.5 Å². The van der Waals surface area contributed by atoms with Gasteiger partial charge in [0.1, 0.15) is 0 Å². The molecule has 4 nitrogen and oxygen atoms in total. The zero-order chi connectivity index (χ0) is 13.8. The topological polar surface area (TPSA) is 56.5 Å². The first-order chi connectivity index (χ1) is 9.13. The predicted molar refractivity (Wildman–Crippen MR) is 77.3 cm³/mol. The third kappa shape index (κ3) is 3.04. The van der Waals surface area contributed by atoms with Gasteiger partial charge in [-0.2, -0.15) is 0 Å². The molecule has 0 aliphatic rings. The van der Waals surface area contributed by atoms with Gasteiger partial charge in [-0.1, -0.05) is 0 Å². The molecule has 2 rings (SSSR count). The van der Waals surface area contributed by atoms with Crippen molar-refractivity contribution in [2.24, 2.45) is 0 Å². The van der Waals surface area contributed by atoms with Gasteiger partial charge < -0.3 is 9.15 Å². The number of carbonyl (C=O) groups is 2. The summed E-state index contributed by atoms with van der Waals surface area (Å²) in [6.07, 6.45) is 1.44. The predicted octanol–water partition coefficient (Wildman–Crippen LogP) is 3.29. The first kappa shape index (κ1) is 13.8. The molecule has 0 radical (unpaired) electrons. The summed E-state index contributed by atoms with van der Waals surface area (Å²) in [5.74, 6) is -0.438. The molecule has 0 bridgehead atoms. The average Bonchev–Trinajstić information content (AvgIpc) is 2.92. The van der Waals surface area contributed by atoms with E-state index in [1.165, 1.54) is 12.3 Å². The Morgan fingerprint density at radius 2 is 2.11 bits per heavy atom. The minimum Gasteiger partial charge on any atom is -0.462 e. The van der Waals surface area contributed by atoms with Crippen molar-refractivity contribution >= 4 is 34.3 Å². The highest BCUT2D eigenvalue weighted by Crippen LogP contribution is 2.19. The SMILES string of the molecule is CCOC(=O)c1ccc(I)c(C(=O)c2ccco2)c1. The first-order valence-electron chi connectivity index (χ1n) is 5.68. The van der Waals surface area contributed by atoms with E-state index in [4.69, 9.17) is 9.15 Å². The summed E-state index contributed by atoms with van der Waals surface area (Å²) in [6, 6.07) is 8.12. The molecule has 1 aromatic heterocycles. The van der Waals surface area contributed by atoms with Crippen molar-refractivity contribution in [1.29, 1.82) is 0 Å². The fraction of sp³-hybridized carbons (Fsp3) is 0.143. The van der Waals surface area contributed by atoms with Gasteiger partial charge in [0.25, 0.3) is 0 Å². The summed E-state index contributed by atoms with van der Waals surface area (Å²) in [6.45, 7) is 2.03. The zero-order valence-electron chi connectivity index (χ0n) is 10.2. The number of esters is 1. The summed E-state index contributed by atoms with van der Waals surface area (Å²) in [7, 11) is 0. The van der Waals surface area contributed by atoms with Crippen LogP contribution in [0, 0.1) is 3.57 Å². The smallest absolute Gasteiger partial charge is 0.338 e. The van der Waals surface area contributed by atoms with Gasteiger partial charge in [-0.25, -0.2) is 4.79 Å². The molecule has 19 heavy (non-hydrogen) atoms.